The molecule has 0 spiro atoms. The zero-order chi connectivity index (χ0) is 21.3. The lowest BCUT2D eigenvalue weighted by molar-refractivity contribution is 0.0727. The monoisotopic (exact) mass is 423 g/mol. The van der Waals surface area contributed by atoms with E-state index in [1.54, 1.807) is 43.5 Å². The first kappa shape index (κ1) is 20.0. The third-order valence-electron chi connectivity index (χ3n) is 5.19. The van der Waals surface area contributed by atoms with Crippen LogP contribution < -0.4 is 14.8 Å². The molecule has 30 heavy (non-hydrogen) atoms. The van der Waals surface area contributed by atoms with E-state index >= 15 is 0 Å². The van der Waals surface area contributed by atoms with Crippen LogP contribution in [0.25, 0.3) is 0 Å². The summed E-state index contributed by atoms with van der Waals surface area (Å²) in [5.74, 6) is 1.30. The Morgan fingerprint density at radius 2 is 1.90 bits per heavy atom. The molecule has 2 aromatic carbocycles. The molecule has 1 unspecified atom stereocenters. The number of anilines is 1. The van der Waals surface area contributed by atoms with Gasteiger partial charge in [-0.25, -0.2) is 0 Å². The van der Waals surface area contributed by atoms with Gasteiger partial charge in [-0.2, -0.15) is 0 Å². The number of fused-ring (bicyclic) bond motifs is 1. The Kier molecular flexibility index (Phi) is 5.50. The average Bonchev–Trinajstić information content (AvgIpc) is 3.02. The Bertz CT molecular complexity index is 1090. The molecule has 1 aliphatic heterocycles. The molecular formula is C23H22ClN3O3. The van der Waals surface area contributed by atoms with Crippen LogP contribution in [0.2, 0.25) is 5.02 Å². The molecule has 1 amide bonds. The summed E-state index contributed by atoms with van der Waals surface area (Å²) in [5, 5.41) is 4.06. The minimum absolute atomic E-state index is 0.0731. The Morgan fingerprint density at radius 1 is 1.13 bits per heavy atom. The van der Waals surface area contributed by atoms with E-state index in [4.69, 9.17) is 21.1 Å². The summed E-state index contributed by atoms with van der Waals surface area (Å²) in [4.78, 5) is 19.4. The van der Waals surface area contributed by atoms with Gasteiger partial charge >= 0.3 is 0 Å². The van der Waals surface area contributed by atoms with Crippen molar-refractivity contribution < 1.29 is 14.3 Å². The van der Waals surface area contributed by atoms with E-state index in [0.29, 0.717) is 28.6 Å². The molecule has 4 rings (SSSR count). The lowest BCUT2D eigenvalue weighted by Gasteiger charge is -2.27. The van der Waals surface area contributed by atoms with Crippen molar-refractivity contribution in [2.24, 2.45) is 0 Å². The number of hydrogen-bond acceptors (Lipinski definition) is 5. The van der Waals surface area contributed by atoms with Crippen LogP contribution in [0.3, 0.4) is 0 Å². The Labute approximate surface area is 180 Å². The van der Waals surface area contributed by atoms with E-state index in [0.717, 1.165) is 22.6 Å². The number of hydrogen-bond donors (Lipinski definition) is 1. The quantitative estimate of drug-likeness (QED) is 0.615. The fourth-order valence-corrected chi connectivity index (χ4v) is 3.72. The standard InChI is InChI=1S/C23H22ClN3O3/c1-14-11-19(20(30-3)12-18(14)24)26-22-21-17(5-4-10-25-21)23(28)27(22)13-15-6-8-16(29-2)9-7-15/h4-12,22,26H,13H2,1-3H3. The number of methoxy groups -OCH3 is 2. The van der Waals surface area contributed by atoms with Gasteiger partial charge in [-0.3, -0.25) is 9.78 Å². The molecular weight excluding hydrogens is 402 g/mol. The second-order valence-electron chi connectivity index (χ2n) is 7.07. The predicted molar refractivity (Wildman–Crippen MR) is 116 cm³/mol. The molecule has 1 atom stereocenters. The number of halogens is 1. The Hall–Kier alpha value is -3.25. The molecule has 1 aliphatic rings. The molecule has 3 aromatic rings. The van der Waals surface area contributed by atoms with Crippen molar-refractivity contribution in [1.82, 2.24) is 9.88 Å². The summed E-state index contributed by atoms with van der Waals surface area (Å²) < 4.78 is 10.7. The normalized spacial score (nSPS) is 15.1. The summed E-state index contributed by atoms with van der Waals surface area (Å²) >= 11 is 6.25. The predicted octanol–water partition coefficient (Wildman–Crippen LogP) is 4.83. The highest BCUT2D eigenvalue weighted by Gasteiger charge is 2.38. The van der Waals surface area contributed by atoms with E-state index in [1.807, 2.05) is 37.3 Å². The highest BCUT2D eigenvalue weighted by Crippen LogP contribution is 2.38. The lowest BCUT2D eigenvalue weighted by atomic mass is 10.1. The highest BCUT2D eigenvalue weighted by atomic mass is 35.5. The topological polar surface area (TPSA) is 63.7 Å². The van der Waals surface area contributed by atoms with E-state index in [2.05, 4.69) is 10.3 Å². The summed E-state index contributed by atoms with van der Waals surface area (Å²) in [6.07, 6.45) is 1.26. The van der Waals surface area contributed by atoms with E-state index in [1.165, 1.54) is 0 Å². The number of carbonyl (C=O) groups excluding carboxylic acids is 1. The molecule has 0 fully saturated rings. The molecule has 7 heteroatoms. The maximum absolute atomic E-state index is 13.2. The van der Waals surface area contributed by atoms with Gasteiger partial charge < -0.3 is 19.7 Å². The first-order chi connectivity index (χ1) is 14.5. The first-order valence-corrected chi connectivity index (χ1v) is 9.89. The van der Waals surface area contributed by atoms with Gasteiger partial charge in [-0.05, 0) is 48.4 Å². The van der Waals surface area contributed by atoms with Crippen molar-refractivity contribution in [1.29, 1.82) is 0 Å². The van der Waals surface area contributed by atoms with E-state index < -0.39 is 6.17 Å². The number of carbonyl (C=O) groups is 1. The van der Waals surface area contributed by atoms with Crippen LogP contribution in [-0.4, -0.2) is 30.0 Å². The van der Waals surface area contributed by atoms with Crippen molar-refractivity contribution in [2.75, 3.05) is 19.5 Å². The zero-order valence-corrected chi connectivity index (χ0v) is 17.7. The SMILES string of the molecule is COc1ccc(CN2C(=O)c3cccnc3C2Nc2cc(C)c(Cl)cc2OC)cc1. The molecule has 0 bridgehead atoms. The summed E-state index contributed by atoms with van der Waals surface area (Å²) in [6.45, 7) is 2.35. The van der Waals surface area contributed by atoms with E-state index in [-0.39, 0.29) is 5.91 Å². The van der Waals surface area contributed by atoms with Gasteiger partial charge in [-0.15, -0.1) is 0 Å². The maximum Gasteiger partial charge on any atom is 0.258 e. The van der Waals surface area contributed by atoms with Crippen molar-refractivity contribution in [3.8, 4) is 11.5 Å². The third kappa shape index (κ3) is 3.66. The molecule has 2 heterocycles. The molecule has 1 N–H and O–H groups in total. The van der Waals surface area contributed by atoms with Gasteiger partial charge in [0.2, 0.25) is 0 Å². The third-order valence-corrected chi connectivity index (χ3v) is 5.59. The molecule has 0 saturated heterocycles. The number of rotatable bonds is 6. The number of ether oxygens (including phenoxy) is 2. The maximum atomic E-state index is 13.2. The van der Waals surface area contributed by atoms with Gasteiger partial charge in [0.15, 0.2) is 0 Å². The highest BCUT2D eigenvalue weighted by molar-refractivity contribution is 6.31. The van der Waals surface area contributed by atoms with Gasteiger partial charge in [0.25, 0.3) is 5.91 Å². The summed E-state index contributed by atoms with van der Waals surface area (Å²) in [5.41, 5.74) is 3.92. The van der Waals surface area contributed by atoms with Crippen LogP contribution >= 0.6 is 11.6 Å². The van der Waals surface area contributed by atoms with E-state index in [9.17, 15) is 4.79 Å². The zero-order valence-electron chi connectivity index (χ0n) is 17.0. The number of aryl methyl sites for hydroxylation is 1. The summed E-state index contributed by atoms with van der Waals surface area (Å²) in [7, 11) is 3.22. The fraction of sp³-hybridized carbons (Fsp3) is 0.217. The Balaban J connectivity index is 1.70. The number of nitrogens with one attached hydrogen (secondary N) is 1. The second-order valence-corrected chi connectivity index (χ2v) is 7.47. The number of amides is 1. The number of nitrogens with zero attached hydrogens (tertiary/aromatic N) is 2. The summed E-state index contributed by atoms with van der Waals surface area (Å²) in [6, 6.07) is 14.9. The lowest BCUT2D eigenvalue weighted by Crippen LogP contribution is -2.32. The van der Waals surface area contributed by atoms with Gasteiger partial charge in [0, 0.05) is 23.8 Å². The number of aromatic nitrogens is 1. The molecule has 0 saturated carbocycles. The van der Waals surface area contributed by atoms with Crippen LogP contribution in [0.15, 0.2) is 54.7 Å². The van der Waals surface area contributed by atoms with Crippen molar-refractivity contribution in [2.45, 2.75) is 19.6 Å². The van der Waals surface area contributed by atoms with Crippen molar-refractivity contribution in [3.63, 3.8) is 0 Å². The largest absolute Gasteiger partial charge is 0.497 e. The van der Waals surface area contributed by atoms with Gasteiger partial charge in [-0.1, -0.05) is 23.7 Å². The molecule has 1 aromatic heterocycles. The minimum Gasteiger partial charge on any atom is -0.497 e. The van der Waals surface area contributed by atoms with Crippen molar-refractivity contribution >= 4 is 23.2 Å². The van der Waals surface area contributed by atoms with Crippen LogP contribution in [0.1, 0.15) is 33.3 Å². The van der Waals surface area contributed by atoms with Crippen molar-refractivity contribution in [3.05, 3.63) is 82.1 Å². The molecule has 154 valence electrons. The fourth-order valence-electron chi connectivity index (χ4n) is 3.57. The Morgan fingerprint density at radius 3 is 2.60 bits per heavy atom. The smallest absolute Gasteiger partial charge is 0.258 e. The van der Waals surface area contributed by atoms with Gasteiger partial charge in [0.05, 0.1) is 31.2 Å². The average molecular weight is 424 g/mol. The number of benzene rings is 2. The van der Waals surface area contributed by atoms with Crippen LogP contribution in [0.5, 0.6) is 11.5 Å². The first-order valence-electron chi connectivity index (χ1n) is 9.51. The minimum atomic E-state index is -0.440. The van der Waals surface area contributed by atoms with Gasteiger partial charge in [0.1, 0.15) is 17.7 Å². The number of pyridine rings is 1. The van der Waals surface area contributed by atoms with Crippen LogP contribution in [0.4, 0.5) is 5.69 Å². The molecule has 0 radical (unpaired) electrons. The molecule has 6 nitrogen and oxygen atoms in total. The van der Waals surface area contributed by atoms with Crippen LogP contribution in [0, 0.1) is 6.92 Å². The molecule has 0 aliphatic carbocycles. The van der Waals surface area contributed by atoms with Crippen LogP contribution in [-0.2, 0) is 6.54 Å². The second kappa shape index (κ2) is 8.24.